The van der Waals surface area contributed by atoms with Gasteiger partial charge in [0, 0.05) is 18.1 Å². The van der Waals surface area contributed by atoms with Gasteiger partial charge in [0.2, 0.25) is 5.89 Å². The molecule has 2 aromatic heterocycles. The van der Waals surface area contributed by atoms with Crippen molar-refractivity contribution in [1.29, 1.82) is 0 Å². The van der Waals surface area contributed by atoms with Crippen LogP contribution in [0.15, 0.2) is 33.9 Å². The Hall–Kier alpha value is -1.56. The highest BCUT2D eigenvalue weighted by molar-refractivity contribution is 7.99. The lowest BCUT2D eigenvalue weighted by atomic mass is 10.2. The number of hydrogen-bond acceptors (Lipinski definition) is 5. The van der Waals surface area contributed by atoms with Crippen LogP contribution in [0.4, 0.5) is 0 Å². The normalized spacial score (nSPS) is 12.9. The summed E-state index contributed by atoms with van der Waals surface area (Å²) in [7, 11) is 0. The van der Waals surface area contributed by atoms with Crippen molar-refractivity contribution in [2.45, 2.75) is 37.0 Å². The van der Waals surface area contributed by atoms with E-state index in [9.17, 15) is 5.21 Å². The summed E-state index contributed by atoms with van der Waals surface area (Å²) in [5.41, 5.74) is 0. The molecular formula is C12H15N3O2S. The zero-order valence-corrected chi connectivity index (χ0v) is 11.3. The standard InChI is InChI=1S/C12H15N3O2S/c1-8(2)11-13-12(17-14-11)9(3)18-10-6-4-5-7-15(10)16/h4-9H,1-3H3/t9-/m1/s1. The van der Waals surface area contributed by atoms with Crippen LogP contribution in [0.3, 0.4) is 0 Å². The topological polar surface area (TPSA) is 65.9 Å². The lowest BCUT2D eigenvalue weighted by Crippen LogP contribution is -2.27. The molecule has 0 saturated heterocycles. The molecule has 0 amide bonds. The molecule has 96 valence electrons. The molecule has 2 aromatic rings. The highest BCUT2D eigenvalue weighted by Crippen LogP contribution is 2.32. The Morgan fingerprint density at radius 1 is 1.33 bits per heavy atom. The van der Waals surface area contributed by atoms with Crippen molar-refractivity contribution in [2.75, 3.05) is 0 Å². The smallest absolute Gasteiger partial charge is 0.252 e. The summed E-state index contributed by atoms with van der Waals surface area (Å²) in [4.78, 5) is 4.33. The van der Waals surface area contributed by atoms with E-state index in [2.05, 4.69) is 10.1 Å². The van der Waals surface area contributed by atoms with Gasteiger partial charge < -0.3 is 9.73 Å². The Labute approximate surface area is 110 Å². The Morgan fingerprint density at radius 2 is 2.11 bits per heavy atom. The summed E-state index contributed by atoms with van der Waals surface area (Å²) < 4.78 is 6.04. The maximum Gasteiger partial charge on any atom is 0.252 e. The van der Waals surface area contributed by atoms with Gasteiger partial charge in [-0.05, 0) is 24.8 Å². The number of nitrogens with zero attached hydrogens (tertiary/aromatic N) is 3. The first-order chi connectivity index (χ1) is 8.58. The van der Waals surface area contributed by atoms with E-state index in [4.69, 9.17) is 4.52 Å². The molecule has 6 heteroatoms. The fourth-order valence-electron chi connectivity index (χ4n) is 1.38. The van der Waals surface area contributed by atoms with Crippen LogP contribution < -0.4 is 4.73 Å². The molecule has 0 radical (unpaired) electrons. The zero-order valence-electron chi connectivity index (χ0n) is 10.5. The van der Waals surface area contributed by atoms with Gasteiger partial charge in [0.1, 0.15) is 0 Å². The summed E-state index contributed by atoms with van der Waals surface area (Å²) >= 11 is 1.40. The SMILES string of the molecule is CC(C)c1noc([C@@H](C)Sc2cccc[n+]2[O-])n1. The molecule has 1 atom stereocenters. The van der Waals surface area contributed by atoms with Crippen molar-refractivity contribution >= 4 is 11.8 Å². The molecule has 0 spiro atoms. The molecule has 0 unspecified atom stereocenters. The predicted octanol–water partition coefficient (Wildman–Crippen LogP) is 2.68. The van der Waals surface area contributed by atoms with Crippen LogP contribution >= 0.6 is 11.8 Å². The third-order valence-corrected chi connectivity index (χ3v) is 3.52. The van der Waals surface area contributed by atoms with Gasteiger partial charge in [-0.25, -0.2) is 0 Å². The van der Waals surface area contributed by atoms with Gasteiger partial charge in [-0.15, -0.1) is 0 Å². The number of pyridine rings is 1. The summed E-state index contributed by atoms with van der Waals surface area (Å²) in [5.74, 6) is 1.48. The lowest BCUT2D eigenvalue weighted by Gasteiger charge is -2.06. The van der Waals surface area contributed by atoms with E-state index >= 15 is 0 Å². The number of aromatic nitrogens is 3. The van der Waals surface area contributed by atoms with Crippen LogP contribution in [0, 0.1) is 5.21 Å². The summed E-state index contributed by atoms with van der Waals surface area (Å²) in [6, 6.07) is 5.30. The molecular weight excluding hydrogens is 250 g/mol. The van der Waals surface area contributed by atoms with Crippen molar-refractivity contribution in [3.05, 3.63) is 41.3 Å². The minimum Gasteiger partial charge on any atom is -0.618 e. The molecule has 2 heterocycles. The highest BCUT2D eigenvalue weighted by Gasteiger charge is 2.20. The van der Waals surface area contributed by atoms with Gasteiger partial charge in [0.15, 0.2) is 12.0 Å². The third kappa shape index (κ3) is 2.81. The Bertz CT molecular complexity index is 528. The van der Waals surface area contributed by atoms with E-state index in [-0.39, 0.29) is 11.2 Å². The van der Waals surface area contributed by atoms with Crippen LogP contribution in [-0.2, 0) is 0 Å². The summed E-state index contributed by atoms with van der Waals surface area (Å²) in [6.07, 6.45) is 1.47. The minimum absolute atomic E-state index is 0.0485. The largest absolute Gasteiger partial charge is 0.618 e. The lowest BCUT2D eigenvalue weighted by molar-refractivity contribution is -0.645. The number of thioether (sulfide) groups is 1. The molecule has 0 fully saturated rings. The molecule has 0 N–H and O–H groups in total. The van der Waals surface area contributed by atoms with Gasteiger partial charge in [0.25, 0.3) is 5.03 Å². The van der Waals surface area contributed by atoms with E-state index < -0.39 is 0 Å². The van der Waals surface area contributed by atoms with E-state index in [1.807, 2.05) is 26.8 Å². The number of hydrogen-bond donors (Lipinski definition) is 0. The van der Waals surface area contributed by atoms with E-state index in [0.29, 0.717) is 16.7 Å². The molecule has 0 aliphatic carbocycles. The van der Waals surface area contributed by atoms with Crippen LogP contribution in [0.5, 0.6) is 0 Å². The second kappa shape index (κ2) is 5.39. The fraction of sp³-hybridized carbons (Fsp3) is 0.417. The Balaban J connectivity index is 2.12. The molecule has 0 aliphatic heterocycles. The average molecular weight is 265 g/mol. The molecule has 18 heavy (non-hydrogen) atoms. The van der Waals surface area contributed by atoms with Crippen LogP contribution in [0.1, 0.15) is 43.7 Å². The van der Waals surface area contributed by atoms with Gasteiger partial charge in [0.05, 0.1) is 5.25 Å². The predicted molar refractivity (Wildman–Crippen MR) is 68.1 cm³/mol. The monoisotopic (exact) mass is 265 g/mol. The fourth-order valence-corrected chi connectivity index (χ4v) is 2.26. The maximum absolute atomic E-state index is 11.5. The second-order valence-electron chi connectivity index (χ2n) is 4.27. The molecule has 0 saturated carbocycles. The van der Waals surface area contributed by atoms with Crippen molar-refractivity contribution < 1.29 is 9.25 Å². The minimum atomic E-state index is -0.0485. The van der Waals surface area contributed by atoms with Crippen LogP contribution in [-0.4, -0.2) is 10.1 Å². The molecule has 0 aliphatic rings. The zero-order chi connectivity index (χ0) is 13.1. The molecule has 5 nitrogen and oxygen atoms in total. The van der Waals surface area contributed by atoms with E-state index in [1.54, 1.807) is 12.1 Å². The van der Waals surface area contributed by atoms with Gasteiger partial charge in [-0.1, -0.05) is 19.0 Å². The van der Waals surface area contributed by atoms with Gasteiger partial charge in [-0.3, -0.25) is 0 Å². The average Bonchev–Trinajstić information content (AvgIpc) is 2.81. The molecule has 0 bridgehead atoms. The summed E-state index contributed by atoms with van der Waals surface area (Å²) in [6.45, 7) is 5.96. The quantitative estimate of drug-likeness (QED) is 0.483. The first-order valence-electron chi connectivity index (χ1n) is 5.76. The van der Waals surface area contributed by atoms with Crippen LogP contribution in [0.2, 0.25) is 0 Å². The van der Waals surface area contributed by atoms with E-state index in [1.165, 1.54) is 18.0 Å². The summed E-state index contributed by atoms with van der Waals surface area (Å²) in [5, 5.41) is 16.0. The van der Waals surface area contributed by atoms with Gasteiger partial charge >= 0.3 is 0 Å². The molecule has 0 aromatic carbocycles. The molecule has 2 rings (SSSR count). The first kappa shape index (κ1) is 12.9. The Morgan fingerprint density at radius 3 is 2.72 bits per heavy atom. The highest BCUT2D eigenvalue weighted by atomic mass is 32.2. The van der Waals surface area contributed by atoms with Crippen molar-refractivity contribution in [3.63, 3.8) is 0 Å². The van der Waals surface area contributed by atoms with Crippen molar-refractivity contribution in [2.24, 2.45) is 0 Å². The van der Waals surface area contributed by atoms with Gasteiger partial charge in [-0.2, -0.15) is 9.71 Å². The first-order valence-corrected chi connectivity index (χ1v) is 6.64. The Kier molecular flexibility index (Phi) is 3.86. The van der Waals surface area contributed by atoms with Crippen molar-refractivity contribution in [3.8, 4) is 0 Å². The maximum atomic E-state index is 11.5. The number of rotatable bonds is 4. The van der Waals surface area contributed by atoms with Crippen molar-refractivity contribution in [1.82, 2.24) is 10.1 Å². The van der Waals surface area contributed by atoms with E-state index in [0.717, 1.165) is 4.73 Å². The third-order valence-electron chi connectivity index (χ3n) is 2.41. The second-order valence-corrected chi connectivity index (χ2v) is 5.63. The van der Waals surface area contributed by atoms with Crippen LogP contribution in [0.25, 0.3) is 0 Å².